The van der Waals surface area contributed by atoms with Crippen LogP contribution in [0.4, 0.5) is 30.2 Å². The summed E-state index contributed by atoms with van der Waals surface area (Å²) in [7, 11) is 1.50. The third-order valence-corrected chi connectivity index (χ3v) is 6.20. The second-order valence-corrected chi connectivity index (χ2v) is 8.09. The van der Waals surface area contributed by atoms with Crippen LogP contribution in [-0.4, -0.2) is 17.9 Å². The highest BCUT2D eigenvalue weighted by molar-refractivity contribution is 6.05. The molecule has 3 aromatic carbocycles. The molecule has 0 N–H and O–H groups in total. The maximum absolute atomic E-state index is 14.0. The summed E-state index contributed by atoms with van der Waals surface area (Å²) >= 11 is 0. The summed E-state index contributed by atoms with van der Waals surface area (Å²) in [6.45, 7) is 1.64. The van der Waals surface area contributed by atoms with Crippen LogP contribution in [0.1, 0.15) is 29.5 Å². The van der Waals surface area contributed by atoms with Crippen LogP contribution in [0.15, 0.2) is 66.7 Å². The zero-order valence-corrected chi connectivity index (χ0v) is 18.4. The molecule has 6 nitrogen and oxygen atoms in total. The highest BCUT2D eigenvalue weighted by Gasteiger charge is 2.42. The number of rotatable bonds is 4. The van der Waals surface area contributed by atoms with Gasteiger partial charge in [-0.3, -0.25) is 19.8 Å². The van der Waals surface area contributed by atoms with E-state index in [9.17, 15) is 28.1 Å². The molecule has 0 bridgehead atoms. The molecule has 4 rings (SSSR count). The minimum absolute atomic E-state index is 0.00279. The van der Waals surface area contributed by atoms with E-state index in [4.69, 9.17) is 4.74 Å². The van der Waals surface area contributed by atoms with Gasteiger partial charge in [0.05, 0.1) is 23.3 Å². The molecule has 0 aliphatic carbocycles. The lowest BCUT2D eigenvalue weighted by Crippen LogP contribution is -2.33. The first-order valence-electron chi connectivity index (χ1n) is 10.5. The van der Waals surface area contributed by atoms with E-state index >= 15 is 0 Å². The number of alkyl halides is 3. The van der Waals surface area contributed by atoms with E-state index in [1.807, 2.05) is 0 Å². The molecule has 1 aliphatic rings. The first-order valence-corrected chi connectivity index (χ1v) is 10.5. The van der Waals surface area contributed by atoms with Gasteiger partial charge in [-0.2, -0.15) is 13.2 Å². The number of nitrogens with zero attached hydrogens (tertiary/aromatic N) is 2. The average Bonchev–Trinajstić information content (AvgIpc) is 2.92. The summed E-state index contributed by atoms with van der Waals surface area (Å²) in [6, 6.07) is 16.0. The summed E-state index contributed by atoms with van der Waals surface area (Å²) < 4.78 is 47.3. The lowest BCUT2D eigenvalue weighted by molar-refractivity contribution is -0.384. The third-order valence-electron chi connectivity index (χ3n) is 6.20. The van der Waals surface area contributed by atoms with Gasteiger partial charge in [0.15, 0.2) is 0 Å². The first kappa shape index (κ1) is 23.3. The number of fused-ring (bicyclic) bond motifs is 1. The molecule has 0 unspecified atom stereocenters. The van der Waals surface area contributed by atoms with E-state index in [0.717, 1.165) is 11.0 Å². The zero-order valence-electron chi connectivity index (χ0n) is 18.4. The molecule has 1 aliphatic heterocycles. The van der Waals surface area contributed by atoms with Gasteiger partial charge in [-0.1, -0.05) is 37.3 Å². The van der Waals surface area contributed by atoms with Crippen molar-refractivity contribution in [3.8, 4) is 5.75 Å². The Bertz CT molecular complexity index is 1240. The van der Waals surface area contributed by atoms with Crippen LogP contribution in [0.3, 0.4) is 0 Å². The Morgan fingerprint density at radius 3 is 2.26 bits per heavy atom. The Morgan fingerprint density at radius 1 is 1.00 bits per heavy atom. The molecule has 0 fully saturated rings. The number of methoxy groups -OCH3 is 1. The van der Waals surface area contributed by atoms with Gasteiger partial charge in [-0.05, 0) is 53.8 Å². The number of halogens is 3. The SMILES string of the molecule is COc1ccc([C@H]2Cc3c(cccc3C(F)(F)F)N(c3ccccc3[N+](=O)[O-])C(=O)[C@H]2C)cc1. The van der Waals surface area contributed by atoms with E-state index in [0.29, 0.717) is 11.3 Å². The lowest BCUT2D eigenvalue weighted by Gasteiger charge is -2.26. The number of benzene rings is 3. The summed E-state index contributed by atoms with van der Waals surface area (Å²) in [5.41, 5.74) is -0.707. The molecule has 3 aromatic rings. The monoisotopic (exact) mass is 470 g/mol. The van der Waals surface area contributed by atoms with Gasteiger partial charge >= 0.3 is 6.18 Å². The number of hydrogen-bond donors (Lipinski definition) is 0. The van der Waals surface area contributed by atoms with Gasteiger partial charge in [0.2, 0.25) is 5.91 Å². The van der Waals surface area contributed by atoms with Crippen molar-refractivity contribution in [2.75, 3.05) is 12.0 Å². The first-order chi connectivity index (χ1) is 16.1. The minimum atomic E-state index is -4.67. The minimum Gasteiger partial charge on any atom is -0.497 e. The molecular formula is C25H21F3N2O4. The smallest absolute Gasteiger partial charge is 0.416 e. The maximum Gasteiger partial charge on any atom is 0.416 e. The number of anilines is 2. The van der Waals surface area contributed by atoms with Crippen molar-refractivity contribution in [2.45, 2.75) is 25.4 Å². The number of carbonyl (C=O) groups is 1. The van der Waals surface area contributed by atoms with Crippen LogP contribution in [0.5, 0.6) is 5.75 Å². The van der Waals surface area contributed by atoms with Crippen LogP contribution in [0, 0.1) is 16.0 Å². The number of para-hydroxylation sites is 2. The largest absolute Gasteiger partial charge is 0.497 e. The van der Waals surface area contributed by atoms with Crippen molar-refractivity contribution in [1.29, 1.82) is 0 Å². The number of amides is 1. The van der Waals surface area contributed by atoms with Crippen molar-refractivity contribution < 1.29 is 27.6 Å². The number of nitro groups is 1. The van der Waals surface area contributed by atoms with Gasteiger partial charge in [0, 0.05) is 12.0 Å². The Hall–Kier alpha value is -3.88. The quantitative estimate of drug-likeness (QED) is 0.333. The zero-order chi connectivity index (χ0) is 24.6. The normalized spacial score (nSPS) is 18.3. The van der Waals surface area contributed by atoms with E-state index in [-0.39, 0.29) is 29.0 Å². The average molecular weight is 470 g/mol. The second-order valence-electron chi connectivity index (χ2n) is 8.09. The van der Waals surface area contributed by atoms with Crippen LogP contribution in [0.2, 0.25) is 0 Å². The molecule has 1 amide bonds. The summed E-state index contributed by atoms with van der Waals surface area (Å²) in [5.74, 6) is -1.29. The standard InChI is InChI=1S/C25H21F3N2O4/c1-15-18(16-10-12-17(34-2)13-11-16)14-19-20(25(26,27)28)6-5-9-21(19)29(24(15)31)22-7-3-4-8-23(22)30(32)33/h3-13,15,18H,14H2,1-2H3/t15-,18-/m0/s1. The Balaban J connectivity index is 1.97. The predicted octanol–water partition coefficient (Wildman–Crippen LogP) is 6.26. The molecule has 0 saturated carbocycles. The summed E-state index contributed by atoms with van der Waals surface area (Å²) in [6.07, 6.45) is -4.73. The third kappa shape index (κ3) is 4.09. The highest BCUT2D eigenvalue weighted by Crippen LogP contribution is 2.47. The molecule has 1 heterocycles. The fourth-order valence-electron chi connectivity index (χ4n) is 4.47. The second kappa shape index (κ2) is 8.81. The summed E-state index contributed by atoms with van der Waals surface area (Å²) in [4.78, 5) is 25.9. The fourth-order valence-corrected chi connectivity index (χ4v) is 4.47. The molecule has 34 heavy (non-hydrogen) atoms. The van der Waals surface area contributed by atoms with Gasteiger partial charge in [-0.15, -0.1) is 0 Å². The van der Waals surface area contributed by atoms with Gasteiger partial charge in [0.25, 0.3) is 5.69 Å². The Morgan fingerprint density at radius 2 is 1.65 bits per heavy atom. The lowest BCUT2D eigenvalue weighted by atomic mass is 9.82. The number of ether oxygens (including phenoxy) is 1. The van der Waals surface area contributed by atoms with Crippen LogP contribution < -0.4 is 9.64 Å². The van der Waals surface area contributed by atoms with E-state index < -0.39 is 34.4 Å². The molecule has 9 heteroatoms. The molecule has 2 atom stereocenters. The Labute approximate surface area is 193 Å². The van der Waals surface area contributed by atoms with Crippen LogP contribution >= 0.6 is 0 Å². The van der Waals surface area contributed by atoms with Crippen molar-refractivity contribution in [3.63, 3.8) is 0 Å². The van der Waals surface area contributed by atoms with Crippen molar-refractivity contribution in [1.82, 2.24) is 0 Å². The van der Waals surface area contributed by atoms with Gasteiger partial charge < -0.3 is 4.74 Å². The van der Waals surface area contributed by atoms with Crippen molar-refractivity contribution in [2.24, 2.45) is 5.92 Å². The van der Waals surface area contributed by atoms with Gasteiger partial charge in [-0.25, -0.2) is 0 Å². The topological polar surface area (TPSA) is 72.7 Å². The molecule has 0 saturated heterocycles. The van der Waals surface area contributed by atoms with Gasteiger partial charge in [0.1, 0.15) is 11.4 Å². The highest BCUT2D eigenvalue weighted by atomic mass is 19.4. The summed E-state index contributed by atoms with van der Waals surface area (Å²) in [5, 5.41) is 11.7. The van der Waals surface area contributed by atoms with Crippen LogP contribution in [-0.2, 0) is 17.4 Å². The number of hydrogen-bond acceptors (Lipinski definition) is 4. The van der Waals surface area contributed by atoms with Crippen molar-refractivity contribution >= 4 is 23.0 Å². The Kier molecular flexibility index (Phi) is 6.03. The van der Waals surface area contributed by atoms with Crippen LogP contribution in [0.25, 0.3) is 0 Å². The molecular weight excluding hydrogens is 449 g/mol. The van der Waals surface area contributed by atoms with E-state index in [1.165, 1.54) is 43.5 Å². The maximum atomic E-state index is 14.0. The molecule has 0 spiro atoms. The molecule has 0 radical (unpaired) electrons. The fraction of sp³-hybridized carbons (Fsp3) is 0.240. The number of nitro benzene ring substituents is 1. The van der Waals surface area contributed by atoms with E-state index in [2.05, 4.69) is 0 Å². The molecule has 0 aromatic heterocycles. The number of carbonyl (C=O) groups excluding carboxylic acids is 1. The van der Waals surface area contributed by atoms with Crippen molar-refractivity contribution in [3.05, 3.63) is 93.5 Å². The predicted molar refractivity (Wildman–Crippen MR) is 120 cm³/mol. The van der Waals surface area contributed by atoms with E-state index in [1.54, 1.807) is 31.2 Å². The molecule has 176 valence electrons.